The molecule has 1 aliphatic carbocycles. The van der Waals surface area contributed by atoms with Crippen molar-refractivity contribution < 1.29 is 4.74 Å². The number of ether oxygens (including phenoxy) is 1. The van der Waals surface area contributed by atoms with E-state index in [0.29, 0.717) is 12.1 Å². The van der Waals surface area contributed by atoms with E-state index < -0.39 is 0 Å². The van der Waals surface area contributed by atoms with Crippen LogP contribution in [0.4, 0.5) is 0 Å². The highest BCUT2D eigenvalue weighted by molar-refractivity contribution is 14.0. The summed E-state index contributed by atoms with van der Waals surface area (Å²) in [6, 6.07) is 2.43. The zero-order valence-electron chi connectivity index (χ0n) is 16.8. The molecule has 0 amide bonds. The van der Waals surface area contributed by atoms with E-state index >= 15 is 0 Å². The van der Waals surface area contributed by atoms with E-state index in [1.54, 1.807) is 0 Å². The normalized spacial score (nSPS) is 40.6. The Morgan fingerprint density at radius 2 is 1.72 bits per heavy atom. The molecule has 3 rings (SSSR count). The Labute approximate surface area is 170 Å². The van der Waals surface area contributed by atoms with Crippen molar-refractivity contribution in [1.29, 1.82) is 0 Å². The molecular formula is C19H37IN4O. The van der Waals surface area contributed by atoms with Crippen molar-refractivity contribution in [3.63, 3.8) is 0 Å². The monoisotopic (exact) mass is 464 g/mol. The Morgan fingerprint density at radius 1 is 1.12 bits per heavy atom. The molecule has 5 nitrogen and oxygen atoms in total. The second-order valence-corrected chi connectivity index (χ2v) is 8.85. The number of aliphatic imine (C=N–C) groups is 1. The maximum atomic E-state index is 5.74. The predicted molar refractivity (Wildman–Crippen MR) is 115 cm³/mol. The van der Waals surface area contributed by atoms with Crippen molar-refractivity contribution in [3.8, 4) is 0 Å². The molecule has 0 aromatic heterocycles. The van der Waals surface area contributed by atoms with Gasteiger partial charge in [-0.2, -0.15) is 0 Å². The molecule has 4 unspecified atom stereocenters. The largest absolute Gasteiger partial charge is 0.378 e. The Bertz CT molecular complexity index is 484. The van der Waals surface area contributed by atoms with Gasteiger partial charge >= 0.3 is 0 Å². The van der Waals surface area contributed by atoms with Gasteiger partial charge in [0.2, 0.25) is 0 Å². The number of nitrogens with zero attached hydrogens (tertiary/aromatic N) is 2. The summed E-state index contributed by atoms with van der Waals surface area (Å²) in [4.78, 5) is 7.10. The average Bonchev–Trinajstić information content (AvgIpc) is 2.54. The van der Waals surface area contributed by atoms with E-state index in [9.17, 15) is 0 Å². The van der Waals surface area contributed by atoms with Crippen LogP contribution in [0.25, 0.3) is 0 Å². The molecule has 2 N–H and O–H groups in total. The third-order valence-electron chi connectivity index (χ3n) is 7.49. The molecule has 146 valence electrons. The highest BCUT2D eigenvalue weighted by Crippen LogP contribution is 2.51. The second kappa shape index (κ2) is 7.89. The second-order valence-electron chi connectivity index (χ2n) is 8.85. The summed E-state index contributed by atoms with van der Waals surface area (Å²) in [6.07, 6.45) is 7.58. The van der Waals surface area contributed by atoms with Gasteiger partial charge in [0.15, 0.2) is 5.96 Å². The number of hydrogen-bond donors (Lipinski definition) is 2. The first-order valence-corrected chi connectivity index (χ1v) is 9.57. The summed E-state index contributed by atoms with van der Waals surface area (Å²) in [7, 11) is 6.01. The smallest absolute Gasteiger partial charge is 0.191 e. The van der Waals surface area contributed by atoms with Crippen molar-refractivity contribution in [3.05, 3.63) is 0 Å². The lowest BCUT2D eigenvalue weighted by Crippen LogP contribution is -2.70. The zero-order chi connectivity index (χ0) is 17.5. The first-order valence-electron chi connectivity index (χ1n) is 9.57. The molecule has 6 heteroatoms. The fourth-order valence-electron chi connectivity index (χ4n) is 4.99. The lowest BCUT2D eigenvalue weighted by molar-refractivity contribution is -0.176. The van der Waals surface area contributed by atoms with Gasteiger partial charge in [-0.3, -0.25) is 4.99 Å². The molecule has 2 bridgehead atoms. The fourth-order valence-corrected chi connectivity index (χ4v) is 4.99. The maximum Gasteiger partial charge on any atom is 0.191 e. The Hall–Kier alpha value is -0.0800. The van der Waals surface area contributed by atoms with Gasteiger partial charge in [0, 0.05) is 43.7 Å². The maximum absolute atomic E-state index is 5.74. The molecule has 4 atom stereocenters. The number of guanidine groups is 1. The van der Waals surface area contributed by atoms with Gasteiger partial charge in [-0.25, -0.2) is 0 Å². The summed E-state index contributed by atoms with van der Waals surface area (Å²) in [6.45, 7) is 6.77. The topological polar surface area (TPSA) is 48.9 Å². The Kier molecular flexibility index (Phi) is 6.69. The van der Waals surface area contributed by atoms with Gasteiger partial charge in [-0.1, -0.05) is 20.3 Å². The minimum absolute atomic E-state index is 0. The number of piperidine rings is 2. The molecule has 2 saturated heterocycles. The minimum atomic E-state index is -0.0475. The lowest BCUT2D eigenvalue weighted by Gasteiger charge is -2.59. The molecule has 0 aromatic rings. The molecule has 3 aliphatic rings. The molecule has 3 fully saturated rings. The third-order valence-corrected chi connectivity index (χ3v) is 7.49. The minimum Gasteiger partial charge on any atom is -0.378 e. The van der Waals surface area contributed by atoms with Crippen molar-refractivity contribution in [1.82, 2.24) is 15.5 Å². The van der Waals surface area contributed by atoms with Crippen molar-refractivity contribution in [2.45, 2.75) is 89.1 Å². The first kappa shape index (κ1) is 21.2. The number of halogens is 1. The third kappa shape index (κ3) is 3.81. The van der Waals surface area contributed by atoms with Gasteiger partial charge in [-0.05, 0) is 46.1 Å². The SMILES string of the molecule is CN=C(NC1CC2CCCC(C1)N2C)NC1CC(C)(OC)C1(C)C.I. The van der Waals surface area contributed by atoms with Crippen LogP contribution in [0.3, 0.4) is 0 Å². The number of rotatable bonds is 3. The molecule has 2 aliphatic heterocycles. The zero-order valence-corrected chi connectivity index (χ0v) is 19.1. The quantitative estimate of drug-likeness (QED) is 0.383. The summed E-state index contributed by atoms with van der Waals surface area (Å²) >= 11 is 0. The molecule has 25 heavy (non-hydrogen) atoms. The molecule has 2 heterocycles. The predicted octanol–water partition coefficient (Wildman–Crippen LogP) is 2.99. The van der Waals surface area contributed by atoms with Crippen LogP contribution in [0.2, 0.25) is 0 Å². The van der Waals surface area contributed by atoms with E-state index in [2.05, 4.69) is 48.3 Å². The van der Waals surface area contributed by atoms with E-state index in [-0.39, 0.29) is 35.0 Å². The summed E-state index contributed by atoms with van der Waals surface area (Å²) in [5, 5.41) is 7.36. The van der Waals surface area contributed by atoms with Gasteiger partial charge in [0.05, 0.1) is 5.60 Å². The highest BCUT2D eigenvalue weighted by atomic mass is 127. The molecule has 0 radical (unpaired) electrons. The number of fused-ring (bicyclic) bond motifs is 2. The van der Waals surface area contributed by atoms with Crippen LogP contribution in [0.5, 0.6) is 0 Å². The Balaban J connectivity index is 0.00000225. The van der Waals surface area contributed by atoms with Crippen molar-refractivity contribution >= 4 is 29.9 Å². The van der Waals surface area contributed by atoms with Gasteiger partial charge < -0.3 is 20.3 Å². The summed E-state index contributed by atoms with van der Waals surface area (Å²) < 4.78 is 5.74. The first-order chi connectivity index (χ1) is 11.3. The van der Waals surface area contributed by atoms with Crippen LogP contribution in [0.15, 0.2) is 4.99 Å². The van der Waals surface area contributed by atoms with Crippen LogP contribution < -0.4 is 10.6 Å². The molecule has 0 aromatic carbocycles. The summed E-state index contributed by atoms with van der Waals surface area (Å²) in [5.74, 6) is 0.957. The van der Waals surface area contributed by atoms with Crippen LogP contribution in [-0.2, 0) is 4.74 Å². The summed E-state index contributed by atoms with van der Waals surface area (Å²) in [5.41, 5.74) is 0.0523. The lowest BCUT2D eigenvalue weighted by atomic mass is 9.56. The highest BCUT2D eigenvalue weighted by Gasteiger charge is 2.58. The molecule has 0 spiro atoms. The van der Waals surface area contributed by atoms with Crippen LogP contribution >= 0.6 is 24.0 Å². The number of nitrogens with one attached hydrogen (secondary N) is 2. The molecular weight excluding hydrogens is 427 g/mol. The standard InChI is InChI=1S/C19H36N4O.HI/c1-18(2)16(12-19(18,3)24-6)22-17(20-4)21-13-10-14-8-7-9-15(11-13)23(14)5;/h13-16H,7-12H2,1-6H3,(H2,20,21,22);1H. The van der Waals surface area contributed by atoms with Crippen LogP contribution in [0.1, 0.15) is 59.3 Å². The number of methoxy groups -OCH3 is 1. The molecule has 1 saturated carbocycles. The average molecular weight is 464 g/mol. The van der Waals surface area contributed by atoms with Crippen LogP contribution in [-0.4, -0.2) is 61.8 Å². The van der Waals surface area contributed by atoms with Gasteiger partial charge in [0.1, 0.15) is 0 Å². The van der Waals surface area contributed by atoms with Gasteiger partial charge in [0.25, 0.3) is 0 Å². The van der Waals surface area contributed by atoms with Gasteiger partial charge in [-0.15, -0.1) is 24.0 Å². The fraction of sp³-hybridized carbons (Fsp3) is 0.947. The van der Waals surface area contributed by atoms with E-state index in [1.807, 2.05) is 14.2 Å². The van der Waals surface area contributed by atoms with E-state index in [4.69, 9.17) is 4.74 Å². The van der Waals surface area contributed by atoms with Crippen LogP contribution in [0, 0.1) is 5.41 Å². The van der Waals surface area contributed by atoms with E-state index in [0.717, 1.165) is 24.5 Å². The van der Waals surface area contributed by atoms with E-state index in [1.165, 1.54) is 32.1 Å². The van der Waals surface area contributed by atoms with Crippen molar-refractivity contribution in [2.24, 2.45) is 10.4 Å². The van der Waals surface area contributed by atoms with Crippen molar-refractivity contribution in [2.75, 3.05) is 21.2 Å². The number of hydrogen-bond acceptors (Lipinski definition) is 3. The Morgan fingerprint density at radius 3 is 2.20 bits per heavy atom.